The molecule has 0 radical (unpaired) electrons. The van der Waals surface area contributed by atoms with Gasteiger partial charge in [0.2, 0.25) is 5.91 Å². The van der Waals surface area contributed by atoms with Crippen molar-refractivity contribution < 1.29 is 19.1 Å². The van der Waals surface area contributed by atoms with Gasteiger partial charge in [-0.05, 0) is 18.6 Å². The van der Waals surface area contributed by atoms with Gasteiger partial charge < -0.3 is 15.8 Å². The van der Waals surface area contributed by atoms with Crippen molar-refractivity contribution in [3.8, 4) is 0 Å². The van der Waals surface area contributed by atoms with Gasteiger partial charge in [-0.25, -0.2) is 4.79 Å². The van der Waals surface area contributed by atoms with Crippen molar-refractivity contribution >= 4 is 23.9 Å². The van der Waals surface area contributed by atoms with Gasteiger partial charge in [0.15, 0.2) is 6.61 Å². The third kappa shape index (κ3) is 5.81. The van der Waals surface area contributed by atoms with E-state index in [4.69, 9.17) is 5.73 Å². The highest BCUT2D eigenvalue weighted by atomic mass is 16.5. The van der Waals surface area contributed by atoms with E-state index in [9.17, 15) is 14.4 Å². The van der Waals surface area contributed by atoms with Crippen LogP contribution in [-0.2, 0) is 19.1 Å². The molecule has 0 bridgehead atoms. The highest BCUT2D eigenvalue weighted by molar-refractivity contribution is 5.94. The molecule has 0 aliphatic heterocycles. The zero-order valence-corrected chi connectivity index (χ0v) is 11.0. The minimum atomic E-state index is -0.859. The minimum Gasteiger partial charge on any atom is -0.454 e. The van der Waals surface area contributed by atoms with Crippen LogP contribution in [0.15, 0.2) is 36.4 Å². The average Bonchev–Trinajstić information content (AvgIpc) is 2.43. The number of hydrogen-bond donors (Lipinski definition) is 2. The molecule has 0 aliphatic carbocycles. The summed E-state index contributed by atoms with van der Waals surface area (Å²) >= 11 is 0. The summed E-state index contributed by atoms with van der Waals surface area (Å²) < 4.78 is 4.58. The number of rotatable bonds is 6. The molecule has 1 aromatic rings. The first kappa shape index (κ1) is 15.4. The predicted molar refractivity (Wildman–Crippen MR) is 73.2 cm³/mol. The normalized spacial score (nSPS) is 11.8. The second-order valence-electron chi connectivity index (χ2n) is 4.05. The number of ether oxygens (including phenoxy) is 1. The molecule has 0 unspecified atom stereocenters. The van der Waals surface area contributed by atoms with Gasteiger partial charge >= 0.3 is 5.97 Å². The van der Waals surface area contributed by atoms with Gasteiger partial charge in [0.05, 0.1) is 0 Å². The summed E-state index contributed by atoms with van der Waals surface area (Å²) in [4.78, 5) is 33.4. The first-order valence-corrected chi connectivity index (χ1v) is 5.97. The number of primary amides is 1. The third-order valence-electron chi connectivity index (χ3n) is 2.30. The highest BCUT2D eigenvalue weighted by Gasteiger charge is 2.16. The number of carbonyl (C=O) groups is 3. The SMILES string of the molecule is C[C@H](NC(=O)/C=C/c1ccccc1)C(=O)OCC(N)=O. The number of amides is 2. The minimum absolute atomic E-state index is 0.433. The fraction of sp³-hybridized carbons (Fsp3) is 0.214. The molecular formula is C14H16N2O4. The Kier molecular flexibility index (Phi) is 5.96. The van der Waals surface area contributed by atoms with Crippen molar-refractivity contribution in [3.63, 3.8) is 0 Å². The van der Waals surface area contributed by atoms with Crippen molar-refractivity contribution in [1.82, 2.24) is 5.32 Å². The smallest absolute Gasteiger partial charge is 0.328 e. The van der Waals surface area contributed by atoms with Crippen LogP contribution in [0.1, 0.15) is 12.5 Å². The molecule has 0 aliphatic rings. The first-order chi connectivity index (χ1) is 9.49. The Hall–Kier alpha value is -2.63. The number of carbonyl (C=O) groups excluding carboxylic acids is 3. The van der Waals surface area contributed by atoms with Gasteiger partial charge in [-0.1, -0.05) is 30.3 Å². The number of nitrogens with two attached hydrogens (primary N) is 1. The van der Waals surface area contributed by atoms with Crippen molar-refractivity contribution in [2.45, 2.75) is 13.0 Å². The molecular weight excluding hydrogens is 260 g/mol. The second kappa shape index (κ2) is 7.73. The lowest BCUT2D eigenvalue weighted by molar-refractivity contribution is -0.150. The van der Waals surface area contributed by atoms with Gasteiger partial charge in [-0.3, -0.25) is 9.59 Å². The Morgan fingerprint density at radius 1 is 1.30 bits per heavy atom. The van der Waals surface area contributed by atoms with E-state index in [0.29, 0.717) is 0 Å². The zero-order chi connectivity index (χ0) is 15.0. The number of nitrogens with one attached hydrogen (secondary N) is 1. The Bertz CT molecular complexity index is 511. The first-order valence-electron chi connectivity index (χ1n) is 5.97. The Labute approximate surface area is 116 Å². The average molecular weight is 276 g/mol. The van der Waals surface area contributed by atoms with Crippen molar-refractivity contribution in [2.75, 3.05) is 6.61 Å². The van der Waals surface area contributed by atoms with Gasteiger partial charge in [0, 0.05) is 6.08 Å². The fourth-order valence-corrected chi connectivity index (χ4v) is 1.32. The molecule has 0 heterocycles. The number of hydrogen-bond acceptors (Lipinski definition) is 4. The van der Waals surface area contributed by atoms with Crippen molar-refractivity contribution in [3.05, 3.63) is 42.0 Å². The lowest BCUT2D eigenvalue weighted by atomic mass is 10.2. The molecule has 20 heavy (non-hydrogen) atoms. The Morgan fingerprint density at radius 2 is 1.95 bits per heavy atom. The molecule has 1 atom stereocenters. The van der Waals surface area contributed by atoms with Gasteiger partial charge in [-0.15, -0.1) is 0 Å². The molecule has 2 amide bonds. The lowest BCUT2D eigenvalue weighted by Crippen LogP contribution is -2.39. The number of esters is 1. The maximum absolute atomic E-state index is 11.6. The summed E-state index contributed by atoms with van der Waals surface area (Å²) in [6.45, 7) is 0.955. The summed E-state index contributed by atoms with van der Waals surface area (Å²) in [5.74, 6) is -1.90. The summed E-state index contributed by atoms with van der Waals surface area (Å²) in [6.07, 6.45) is 2.93. The maximum atomic E-state index is 11.6. The van der Waals surface area contributed by atoms with Crippen LogP contribution in [0.25, 0.3) is 6.08 Å². The van der Waals surface area contributed by atoms with Crippen LogP contribution in [0.4, 0.5) is 0 Å². The lowest BCUT2D eigenvalue weighted by Gasteiger charge is -2.10. The predicted octanol–water partition coefficient (Wildman–Crippen LogP) is 0.233. The maximum Gasteiger partial charge on any atom is 0.328 e. The topological polar surface area (TPSA) is 98.5 Å². The monoisotopic (exact) mass is 276 g/mol. The standard InChI is InChI=1S/C14H16N2O4/c1-10(14(19)20-9-12(15)17)16-13(18)8-7-11-5-3-2-4-6-11/h2-8,10H,9H2,1H3,(H2,15,17)(H,16,18)/b8-7+/t10-/m0/s1. The van der Waals surface area contributed by atoms with Crippen LogP contribution in [0.5, 0.6) is 0 Å². The molecule has 0 spiro atoms. The molecule has 0 saturated carbocycles. The van der Waals surface area contributed by atoms with E-state index in [1.807, 2.05) is 30.3 Å². The zero-order valence-electron chi connectivity index (χ0n) is 11.0. The highest BCUT2D eigenvalue weighted by Crippen LogP contribution is 2.00. The Morgan fingerprint density at radius 3 is 2.55 bits per heavy atom. The van der Waals surface area contributed by atoms with Crippen LogP contribution in [0.2, 0.25) is 0 Å². The van der Waals surface area contributed by atoms with Crippen LogP contribution < -0.4 is 11.1 Å². The summed E-state index contributed by atoms with van der Waals surface area (Å²) in [7, 11) is 0. The van der Waals surface area contributed by atoms with Crippen molar-refractivity contribution in [2.24, 2.45) is 5.73 Å². The van der Waals surface area contributed by atoms with E-state index in [1.165, 1.54) is 13.0 Å². The molecule has 106 valence electrons. The summed E-state index contributed by atoms with van der Waals surface area (Å²) in [5.41, 5.74) is 5.71. The van der Waals surface area contributed by atoms with Gasteiger partial charge in [0.1, 0.15) is 6.04 Å². The molecule has 3 N–H and O–H groups in total. The van der Waals surface area contributed by atoms with Crippen LogP contribution in [-0.4, -0.2) is 30.4 Å². The third-order valence-corrected chi connectivity index (χ3v) is 2.30. The van der Waals surface area contributed by atoms with Crippen molar-refractivity contribution in [1.29, 1.82) is 0 Å². The molecule has 0 aromatic heterocycles. The molecule has 0 saturated heterocycles. The van der Waals surface area contributed by atoms with Gasteiger partial charge in [0.25, 0.3) is 5.91 Å². The second-order valence-corrected chi connectivity index (χ2v) is 4.05. The van der Waals surface area contributed by atoms with Crippen LogP contribution >= 0.6 is 0 Å². The van der Waals surface area contributed by atoms with E-state index in [2.05, 4.69) is 10.1 Å². The molecule has 1 rings (SSSR count). The van der Waals surface area contributed by atoms with Crippen LogP contribution in [0.3, 0.4) is 0 Å². The quantitative estimate of drug-likeness (QED) is 0.574. The molecule has 6 nitrogen and oxygen atoms in total. The van der Waals surface area contributed by atoms with Gasteiger partial charge in [-0.2, -0.15) is 0 Å². The van der Waals surface area contributed by atoms with E-state index in [1.54, 1.807) is 6.08 Å². The van der Waals surface area contributed by atoms with Crippen LogP contribution in [0, 0.1) is 0 Å². The van der Waals surface area contributed by atoms with E-state index >= 15 is 0 Å². The fourth-order valence-electron chi connectivity index (χ4n) is 1.32. The summed E-state index contributed by atoms with van der Waals surface area (Å²) in [6, 6.07) is 8.39. The molecule has 6 heteroatoms. The largest absolute Gasteiger partial charge is 0.454 e. The molecule has 1 aromatic carbocycles. The summed E-state index contributed by atoms with van der Waals surface area (Å²) in [5, 5.41) is 2.42. The molecule has 0 fully saturated rings. The van der Waals surface area contributed by atoms with E-state index in [0.717, 1.165) is 5.56 Å². The number of benzene rings is 1. The Balaban J connectivity index is 2.43. The van der Waals surface area contributed by atoms with E-state index < -0.39 is 30.4 Å². The van der Waals surface area contributed by atoms with E-state index in [-0.39, 0.29) is 0 Å².